The molecule has 0 spiro atoms. The molecular weight excluding hydrogens is 375 g/mol. The molecule has 2 aliphatic rings. The minimum Gasteiger partial charge on any atom is -0.378 e. The molecule has 4 rings (SSSR count). The van der Waals surface area contributed by atoms with Gasteiger partial charge in [0.2, 0.25) is 5.91 Å². The van der Waals surface area contributed by atoms with Crippen molar-refractivity contribution in [3.63, 3.8) is 0 Å². The molecule has 2 aliphatic heterocycles. The number of benzene rings is 1. The predicted octanol–water partition coefficient (Wildman–Crippen LogP) is 4.01. The first kappa shape index (κ1) is 19.6. The van der Waals surface area contributed by atoms with Gasteiger partial charge < -0.3 is 9.64 Å². The van der Waals surface area contributed by atoms with E-state index in [1.165, 1.54) is 10.9 Å². The largest absolute Gasteiger partial charge is 0.378 e. The molecule has 2 atom stereocenters. The Morgan fingerprint density at radius 1 is 1.18 bits per heavy atom. The number of hydrogen-bond acceptors (Lipinski definition) is 4. The van der Waals surface area contributed by atoms with Crippen LogP contribution in [0.2, 0.25) is 0 Å². The first-order valence-electron chi connectivity index (χ1n) is 10.1. The fourth-order valence-electron chi connectivity index (χ4n) is 4.10. The number of nitrogens with zero attached hydrogens (tertiary/aromatic N) is 2. The fourth-order valence-corrected chi connectivity index (χ4v) is 5.17. The average Bonchev–Trinajstić information content (AvgIpc) is 3.16. The highest BCUT2D eigenvalue weighted by Crippen LogP contribution is 2.31. The lowest BCUT2D eigenvalue weighted by atomic mass is 9.94. The summed E-state index contributed by atoms with van der Waals surface area (Å²) in [6.45, 7) is 6.95. The summed E-state index contributed by atoms with van der Waals surface area (Å²) in [4.78, 5) is 19.4. The number of ether oxygens (including phenoxy) is 1. The molecular formula is C22H27FN2O2S. The molecule has 28 heavy (non-hydrogen) atoms. The first-order chi connectivity index (χ1) is 13.6. The molecule has 0 N–H and O–H groups in total. The third kappa shape index (κ3) is 4.45. The Morgan fingerprint density at radius 3 is 2.71 bits per heavy atom. The van der Waals surface area contributed by atoms with Crippen LogP contribution < -0.4 is 0 Å². The number of thiophene rings is 1. The quantitative estimate of drug-likeness (QED) is 0.775. The molecule has 1 aromatic carbocycles. The van der Waals surface area contributed by atoms with Crippen molar-refractivity contribution >= 4 is 17.2 Å². The molecule has 1 amide bonds. The molecule has 2 saturated heterocycles. The third-order valence-corrected chi connectivity index (χ3v) is 6.80. The van der Waals surface area contributed by atoms with Crippen molar-refractivity contribution < 1.29 is 13.9 Å². The summed E-state index contributed by atoms with van der Waals surface area (Å²) in [6.07, 6.45) is 1.87. The molecule has 0 bridgehead atoms. The van der Waals surface area contributed by atoms with Crippen LogP contribution in [-0.2, 0) is 16.1 Å². The van der Waals surface area contributed by atoms with Crippen LogP contribution in [0.5, 0.6) is 0 Å². The van der Waals surface area contributed by atoms with Crippen LogP contribution in [0.15, 0.2) is 36.4 Å². The first-order valence-corrected chi connectivity index (χ1v) is 10.9. The van der Waals surface area contributed by atoms with E-state index in [2.05, 4.69) is 11.0 Å². The van der Waals surface area contributed by atoms with E-state index in [0.29, 0.717) is 18.1 Å². The van der Waals surface area contributed by atoms with Crippen molar-refractivity contribution in [1.29, 1.82) is 0 Å². The summed E-state index contributed by atoms with van der Waals surface area (Å²) in [7, 11) is 0. The van der Waals surface area contributed by atoms with E-state index in [4.69, 9.17) is 4.74 Å². The lowest BCUT2D eigenvalue weighted by molar-refractivity contribution is -0.142. The van der Waals surface area contributed by atoms with Gasteiger partial charge in [-0.2, -0.15) is 0 Å². The molecule has 2 fully saturated rings. The summed E-state index contributed by atoms with van der Waals surface area (Å²) >= 11 is 1.65. The minimum absolute atomic E-state index is 0.121. The van der Waals surface area contributed by atoms with E-state index in [9.17, 15) is 9.18 Å². The van der Waals surface area contributed by atoms with Gasteiger partial charge in [-0.1, -0.05) is 18.2 Å². The van der Waals surface area contributed by atoms with Crippen LogP contribution in [0.4, 0.5) is 4.39 Å². The molecule has 2 aromatic rings. The van der Waals surface area contributed by atoms with Crippen molar-refractivity contribution in [3.8, 4) is 10.4 Å². The van der Waals surface area contributed by atoms with Crippen molar-refractivity contribution in [3.05, 3.63) is 47.1 Å². The maximum absolute atomic E-state index is 14.0. The second-order valence-electron chi connectivity index (χ2n) is 7.75. The van der Waals surface area contributed by atoms with Crippen LogP contribution >= 0.6 is 11.3 Å². The van der Waals surface area contributed by atoms with Crippen molar-refractivity contribution in [2.24, 2.45) is 5.92 Å². The topological polar surface area (TPSA) is 32.8 Å². The summed E-state index contributed by atoms with van der Waals surface area (Å²) in [6, 6.07) is 11.0. The van der Waals surface area contributed by atoms with E-state index in [1.54, 1.807) is 17.4 Å². The highest BCUT2D eigenvalue weighted by atomic mass is 32.1. The number of carbonyl (C=O) groups is 1. The normalized spacial score (nSPS) is 23.7. The van der Waals surface area contributed by atoms with Crippen molar-refractivity contribution in [2.75, 3.05) is 32.8 Å². The zero-order chi connectivity index (χ0) is 19.5. The summed E-state index contributed by atoms with van der Waals surface area (Å²) in [5.41, 5.74) is 0.667. The molecule has 0 radical (unpaired) electrons. The van der Waals surface area contributed by atoms with E-state index in [0.717, 1.165) is 50.4 Å². The monoisotopic (exact) mass is 402 g/mol. The number of amides is 1. The van der Waals surface area contributed by atoms with Gasteiger partial charge in [-0.15, -0.1) is 11.3 Å². The Hall–Kier alpha value is -1.76. The number of halogens is 1. The molecule has 150 valence electrons. The molecule has 0 unspecified atom stereocenters. The van der Waals surface area contributed by atoms with Crippen LogP contribution in [-0.4, -0.2) is 54.6 Å². The van der Waals surface area contributed by atoms with Gasteiger partial charge in [0.05, 0.1) is 6.10 Å². The van der Waals surface area contributed by atoms with E-state index >= 15 is 0 Å². The van der Waals surface area contributed by atoms with Gasteiger partial charge in [-0.05, 0) is 38.0 Å². The molecule has 1 aromatic heterocycles. The number of rotatable bonds is 4. The Balaban J connectivity index is 1.30. The van der Waals surface area contributed by atoms with E-state index in [1.807, 2.05) is 30.0 Å². The van der Waals surface area contributed by atoms with Gasteiger partial charge in [0.25, 0.3) is 0 Å². The number of hydrogen-bond donors (Lipinski definition) is 0. The Labute approximate surface area is 169 Å². The second kappa shape index (κ2) is 8.72. The average molecular weight is 403 g/mol. The highest BCUT2D eigenvalue weighted by Gasteiger charge is 2.31. The fraction of sp³-hybridized carbons (Fsp3) is 0.500. The third-order valence-electron chi connectivity index (χ3n) is 5.70. The number of piperazine rings is 1. The van der Waals surface area contributed by atoms with Gasteiger partial charge in [0.1, 0.15) is 5.82 Å². The smallest absolute Gasteiger partial charge is 0.225 e. The SMILES string of the molecule is C[C@@H]1C[C@H](C(=O)N2CCN(Cc3ccc(-c4ccccc4F)s3)CC2)CCO1. The van der Waals surface area contributed by atoms with Crippen molar-refractivity contribution in [1.82, 2.24) is 9.80 Å². The lowest BCUT2D eigenvalue weighted by Gasteiger charge is -2.37. The predicted molar refractivity (Wildman–Crippen MR) is 110 cm³/mol. The molecule has 0 aliphatic carbocycles. The molecule has 3 heterocycles. The zero-order valence-electron chi connectivity index (χ0n) is 16.3. The Morgan fingerprint density at radius 2 is 1.96 bits per heavy atom. The van der Waals surface area contributed by atoms with Gasteiger partial charge in [-0.3, -0.25) is 9.69 Å². The molecule has 4 nitrogen and oxygen atoms in total. The van der Waals surface area contributed by atoms with Crippen LogP contribution in [0, 0.1) is 11.7 Å². The lowest BCUT2D eigenvalue weighted by Crippen LogP contribution is -2.50. The maximum atomic E-state index is 14.0. The van der Waals surface area contributed by atoms with Gasteiger partial charge in [-0.25, -0.2) is 4.39 Å². The number of carbonyl (C=O) groups excluding carboxylic acids is 1. The van der Waals surface area contributed by atoms with E-state index < -0.39 is 0 Å². The molecule has 6 heteroatoms. The van der Waals surface area contributed by atoms with Crippen LogP contribution in [0.3, 0.4) is 0 Å². The second-order valence-corrected chi connectivity index (χ2v) is 8.92. The van der Waals surface area contributed by atoms with E-state index in [-0.39, 0.29) is 17.8 Å². The summed E-state index contributed by atoms with van der Waals surface area (Å²) in [5, 5.41) is 0. The standard InChI is InChI=1S/C22H27FN2O2S/c1-16-14-17(8-13-27-16)22(26)25-11-9-24(10-12-25)15-18-6-7-21(28-18)19-4-2-3-5-20(19)23/h2-7,16-17H,8-15H2,1H3/t16-,17-/m1/s1. The zero-order valence-corrected chi connectivity index (χ0v) is 17.1. The molecule has 0 saturated carbocycles. The van der Waals surface area contributed by atoms with Crippen molar-refractivity contribution in [2.45, 2.75) is 32.4 Å². The Bertz CT molecular complexity index is 816. The van der Waals surface area contributed by atoms with Gasteiger partial charge in [0.15, 0.2) is 0 Å². The van der Waals surface area contributed by atoms with Crippen LogP contribution in [0.1, 0.15) is 24.6 Å². The summed E-state index contributed by atoms with van der Waals surface area (Å²) < 4.78 is 19.6. The minimum atomic E-state index is -0.176. The van der Waals surface area contributed by atoms with Gasteiger partial charge >= 0.3 is 0 Å². The Kier molecular flexibility index (Phi) is 6.09. The van der Waals surface area contributed by atoms with Crippen LogP contribution in [0.25, 0.3) is 10.4 Å². The van der Waals surface area contributed by atoms with Gasteiger partial charge in [0, 0.05) is 60.6 Å². The summed E-state index contributed by atoms with van der Waals surface area (Å²) in [5.74, 6) is 0.245. The highest BCUT2D eigenvalue weighted by molar-refractivity contribution is 7.15. The maximum Gasteiger partial charge on any atom is 0.225 e.